The van der Waals surface area contributed by atoms with Gasteiger partial charge in [0.05, 0.1) is 11.4 Å². The van der Waals surface area contributed by atoms with Gasteiger partial charge in [-0.1, -0.05) is 64.5 Å². The van der Waals surface area contributed by atoms with Crippen molar-refractivity contribution < 1.29 is 18.7 Å². The first-order valence-corrected chi connectivity index (χ1v) is 11.1. The second kappa shape index (κ2) is 9.49. The molecule has 0 aromatic heterocycles. The molecule has 1 fully saturated rings. The predicted octanol–water partition coefficient (Wildman–Crippen LogP) is 6.40. The van der Waals surface area contributed by atoms with Crippen molar-refractivity contribution in [3.8, 4) is 5.75 Å². The fraction of sp³-hybridized carbons (Fsp3) is 0.0833. The van der Waals surface area contributed by atoms with Crippen LogP contribution in [0.25, 0.3) is 6.08 Å². The molecule has 3 aromatic carbocycles. The molecule has 0 N–H and O–H groups in total. The highest BCUT2D eigenvalue weighted by Gasteiger charge is 2.35. The lowest BCUT2D eigenvalue weighted by molar-refractivity contribution is -0.123. The maximum absolute atomic E-state index is 14.0. The molecule has 1 heterocycles. The Balaban J connectivity index is 1.56. The van der Waals surface area contributed by atoms with Gasteiger partial charge in [-0.3, -0.25) is 14.5 Å². The average Bonchev–Trinajstić information content (AvgIpc) is 3.03. The number of imide groups is 1. The van der Waals surface area contributed by atoms with Crippen LogP contribution in [-0.2, 0) is 17.9 Å². The molecule has 1 saturated heterocycles. The Kier molecular flexibility index (Phi) is 6.53. The highest BCUT2D eigenvalue weighted by atomic mass is 79.9. The minimum atomic E-state index is -0.452. The van der Waals surface area contributed by atoms with Crippen LogP contribution in [0.3, 0.4) is 0 Å². The van der Waals surface area contributed by atoms with Gasteiger partial charge in [0.15, 0.2) is 0 Å². The number of hydrogen-bond donors (Lipinski definition) is 0. The van der Waals surface area contributed by atoms with Gasteiger partial charge in [0, 0.05) is 15.6 Å². The summed E-state index contributed by atoms with van der Waals surface area (Å²) in [6.45, 7) is 0.266. The Morgan fingerprint density at radius 3 is 2.52 bits per heavy atom. The third-order valence-corrected chi connectivity index (χ3v) is 6.06. The van der Waals surface area contributed by atoms with Crippen LogP contribution in [0.4, 0.5) is 9.18 Å². The summed E-state index contributed by atoms with van der Waals surface area (Å²) >= 11 is 4.27. The van der Waals surface area contributed by atoms with E-state index in [0.717, 1.165) is 26.7 Å². The van der Waals surface area contributed by atoms with Gasteiger partial charge in [0.2, 0.25) is 0 Å². The number of hydrogen-bond acceptors (Lipinski definition) is 4. The summed E-state index contributed by atoms with van der Waals surface area (Å²) in [6.07, 6.45) is 1.64. The molecule has 0 bridgehead atoms. The molecule has 0 radical (unpaired) electrons. The molecular formula is C24H17BrFNO3S. The summed E-state index contributed by atoms with van der Waals surface area (Å²) < 4.78 is 20.7. The van der Waals surface area contributed by atoms with Crippen LogP contribution in [0.2, 0.25) is 0 Å². The molecule has 156 valence electrons. The molecule has 2 amide bonds. The number of carbonyl (C=O) groups excluding carboxylic acids is 2. The van der Waals surface area contributed by atoms with Crippen molar-refractivity contribution in [2.45, 2.75) is 13.2 Å². The summed E-state index contributed by atoms with van der Waals surface area (Å²) in [5.74, 6) is -0.311. The van der Waals surface area contributed by atoms with Crippen LogP contribution in [0.15, 0.2) is 82.2 Å². The molecule has 0 aliphatic carbocycles. The zero-order chi connectivity index (χ0) is 21.8. The van der Waals surface area contributed by atoms with Crippen LogP contribution in [-0.4, -0.2) is 16.0 Å². The van der Waals surface area contributed by atoms with E-state index in [-0.39, 0.29) is 11.4 Å². The van der Waals surface area contributed by atoms with E-state index in [0.29, 0.717) is 23.5 Å². The molecule has 1 aliphatic rings. The Bertz CT molecular complexity index is 1170. The number of nitrogens with zero attached hydrogens (tertiary/aromatic N) is 1. The fourth-order valence-electron chi connectivity index (χ4n) is 3.07. The molecule has 0 atom stereocenters. The standard InChI is InChI=1S/C24H17BrFNO3S/c25-19-10-11-21(30-15-16-6-2-1-3-7-16)18(12-19)13-22-23(28)27(24(29)31-22)14-17-8-4-5-9-20(17)26/h1-13H,14-15H2/b22-13-. The van der Waals surface area contributed by atoms with Crippen LogP contribution in [0, 0.1) is 5.82 Å². The van der Waals surface area contributed by atoms with Crippen molar-refractivity contribution >= 4 is 44.9 Å². The highest BCUT2D eigenvalue weighted by molar-refractivity contribution is 9.10. The van der Waals surface area contributed by atoms with Crippen molar-refractivity contribution in [3.63, 3.8) is 0 Å². The number of thioether (sulfide) groups is 1. The number of benzene rings is 3. The maximum atomic E-state index is 14.0. The van der Waals surface area contributed by atoms with E-state index in [4.69, 9.17) is 4.74 Å². The van der Waals surface area contributed by atoms with Crippen LogP contribution in [0.1, 0.15) is 16.7 Å². The molecule has 31 heavy (non-hydrogen) atoms. The molecule has 7 heteroatoms. The molecule has 4 nitrogen and oxygen atoms in total. The van der Waals surface area contributed by atoms with E-state index < -0.39 is 17.0 Å². The van der Waals surface area contributed by atoms with Crippen LogP contribution < -0.4 is 4.74 Å². The summed E-state index contributed by atoms with van der Waals surface area (Å²) in [5.41, 5.74) is 1.98. The Labute approximate surface area is 191 Å². The lowest BCUT2D eigenvalue weighted by Gasteiger charge is -2.13. The van der Waals surface area contributed by atoms with Crippen LogP contribution >= 0.6 is 27.7 Å². The summed E-state index contributed by atoms with van der Waals surface area (Å²) in [7, 11) is 0. The quantitative estimate of drug-likeness (QED) is 0.369. The number of rotatable bonds is 6. The van der Waals surface area contributed by atoms with Gasteiger partial charge in [0.25, 0.3) is 11.1 Å². The minimum absolute atomic E-state index is 0.107. The minimum Gasteiger partial charge on any atom is -0.488 e. The van der Waals surface area contributed by atoms with Crippen molar-refractivity contribution in [2.24, 2.45) is 0 Å². The van der Waals surface area contributed by atoms with Gasteiger partial charge in [-0.05, 0) is 47.7 Å². The lowest BCUT2D eigenvalue weighted by Crippen LogP contribution is -2.27. The molecule has 3 aromatic rings. The Morgan fingerprint density at radius 2 is 1.74 bits per heavy atom. The van der Waals surface area contributed by atoms with E-state index >= 15 is 0 Å². The van der Waals surface area contributed by atoms with Crippen LogP contribution in [0.5, 0.6) is 5.75 Å². The average molecular weight is 498 g/mol. The van der Waals surface area contributed by atoms with Gasteiger partial charge in [-0.15, -0.1) is 0 Å². The largest absolute Gasteiger partial charge is 0.488 e. The van der Waals surface area contributed by atoms with Gasteiger partial charge in [-0.25, -0.2) is 4.39 Å². The smallest absolute Gasteiger partial charge is 0.293 e. The van der Waals surface area contributed by atoms with E-state index in [2.05, 4.69) is 15.9 Å². The van der Waals surface area contributed by atoms with E-state index in [1.807, 2.05) is 48.5 Å². The first-order chi connectivity index (χ1) is 15.0. The molecule has 0 saturated carbocycles. The molecule has 4 rings (SSSR count). The molecule has 1 aliphatic heterocycles. The molecule has 0 spiro atoms. The van der Waals surface area contributed by atoms with Crippen molar-refractivity contribution in [2.75, 3.05) is 0 Å². The Morgan fingerprint density at radius 1 is 1.00 bits per heavy atom. The maximum Gasteiger partial charge on any atom is 0.293 e. The number of amides is 2. The number of carbonyl (C=O) groups is 2. The fourth-order valence-corrected chi connectivity index (χ4v) is 4.28. The molecular weight excluding hydrogens is 481 g/mol. The van der Waals surface area contributed by atoms with Crippen molar-refractivity contribution in [3.05, 3.63) is 105 Å². The second-order valence-corrected chi connectivity index (χ2v) is 8.72. The van der Waals surface area contributed by atoms with Crippen molar-refractivity contribution in [1.29, 1.82) is 0 Å². The number of halogens is 2. The van der Waals surface area contributed by atoms with Gasteiger partial charge >= 0.3 is 0 Å². The first-order valence-electron chi connectivity index (χ1n) is 9.46. The van der Waals surface area contributed by atoms with E-state index in [9.17, 15) is 14.0 Å². The zero-order valence-electron chi connectivity index (χ0n) is 16.3. The summed E-state index contributed by atoms with van der Waals surface area (Å²) in [5, 5.41) is -0.429. The first kappa shape index (κ1) is 21.3. The topological polar surface area (TPSA) is 46.6 Å². The second-order valence-electron chi connectivity index (χ2n) is 6.82. The normalized spacial score (nSPS) is 15.0. The van der Waals surface area contributed by atoms with Gasteiger partial charge < -0.3 is 4.74 Å². The lowest BCUT2D eigenvalue weighted by atomic mass is 10.1. The molecule has 0 unspecified atom stereocenters. The third kappa shape index (κ3) is 5.06. The van der Waals surface area contributed by atoms with E-state index in [1.165, 1.54) is 6.07 Å². The number of ether oxygens (including phenoxy) is 1. The van der Waals surface area contributed by atoms with Gasteiger partial charge in [-0.2, -0.15) is 0 Å². The zero-order valence-corrected chi connectivity index (χ0v) is 18.7. The predicted molar refractivity (Wildman–Crippen MR) is 123 cm³/mol. The SMILES string of the molecule is O=C1S/C(=C\c2cc(Br)ccc2OCc2ccccc2)C(=O)N1Cc1ccccc1F. The summed E-state index contributed by atoms with van der Waals surface area (Å²) in [4.78, 5) is 26.6. The van der Waals surface area contributed by atoms with E-state index in [1.54, 1.807) is 24.3 Å². The van der Waals surface area contributed by atoms with Crippen molar-refractivity contribution in [1.82, 2.24) is 4.90 Å². The van der Waals surface area contributed by atoms with Gasteiger partial charge in [0.1, 0.15) is 18.2 Å². The monoisotopic (exact) mass is 497 g/mol. The summed E-state index contributed by atoms with van der Waals surface area (Å²) in [6, 6.07) is 21.3. The Hall–Kier alpha value is -2.90. The third-order valence-electron chi connectivity index (χ3n) is 4.66. The highest BCUT2D eigenvalue weighted by Crippen LogP contribution is 2.36.